The summed E-state index contributed by atoms with van der Waals surface area (Å²) >= 11 is 6.47. The third-order valence-corrected chi connectivity index (χ3v) is 6.01. The van der Waals surface area contributed by atoms with Crippen LogP contribution in [0.1, 0.15) is 18.1 Å². The Bertz CT molecular complexity index is 992. The average Bonchev–Trinajstić information content (AvgIpc) is 3.01. The van der Waals surface area contributed by atoms with Gasteiger partial charge in [-0.05, 0) is 55.3 Å². The van der Waals surface area contributed by atoms with Crippen LogP contribution in [0.4, 0.5) is 0 Å². The van der Waals surface area contributed by atoms with Crippen LogP contribution >= 0.6 is 24.0 Å². The first kappa shape index (κ1) is 24.1. The fourth-order valence-electron chi connectivity index (χ4n) is 2.94. The number of rotatable bonds is 11. The standard InChI is InChI=1S/C24H27NO5S2/c1-4-28-21-15-18(16-22-23(26)25(3)24(31)32-22)8-9-20(21)30-13-11-27-10-12-29-19-7-5-6-17(2)14-19/h5-9,14-16H,4,10-13H2,1-3H3/b22-16-. The molecule has 1 aliphatic heterocycles. The highest BCUT2D eigenvalue weighted by molar-refractivity contribution is 8.26. The highest BCUT2D eigenvalue weighted by Gasteiger charge is 2.28. The molecule has 0 saturated carbocycles. The molecule has 32 heavy (non-hydrogen) atoms. The minimum absolute atomic E-state index is 0.0955. The molecule has 1 fully saturated rings. The quantitative estimate of drug-likeness (QED) is 0.266. The van der Waals surface area contributed by atoms with Gasteiger partial charge in [0.25, 0.3) is 5.91 Å². The number of ether oxygens (including phenoxy) is 4. The van der Waals surface area contributed by atoms with E-state index in [0.717, 1.165) is 16.9 Å². The van der Waals surface area contributed by atoms with Crippen LogP contribution in [0.25, 0.3) is 6.08 Å². The fraction of sp³-hybridized carbons (Fsp3) is 0.333. The minimum atomic E-state index is -0.0955. The van der Waals surface area contributed by atoms with Crippen LogP contribution in [0, 0.1) is 6.92 Å². The number of aryl methyl sites for hydroxylation is 1. The first-order chi connectivity index (χ1) is 15.5. The molecule has 1 heterocycles. The van der Waals surface area contributed by atoms with E-state index in [0.29, 0.717) is 53.8 Å². The Hall–Kier alpha value is -2.55. The molecule has 0 atom stereocenters. The molecular formula is C24H27NO5S2. The van der Waals surface area contributed by atoms with Gasteiger partial charge in [-0.2, -0.15) is 0 Å². The van der Waals surface area contributed by atoms with Gasteiger partial charge >= 0.3 is 0 Å². The van der Waals surface area contributed by atoms with Crippen molar-refractivity contribution in [2.24, 2.45) is 0 Å². The lowest BCUT2D eigenvalue weighted by Gasteiger charge is -2.13. The predicted molar refractivity (Wildman–Crippen MR) is 132 cm³/mol. The number of thiocarbonyl (C=S) groups is 1. The Kier molecular flexibility index (Phi) is 8.96. The van der Waals surface area contributed by atoms with Crippen LogP contribution in [0.3, 0.4) is 0 Å². The summed E-state index contributed by atoms with van der Waals surface area (Å²) in [5.74, 6) is 2.00. The molecule has 0 unspecified atom stereocenters. The summed E-state index contributed by atoms with van der Waals surface area (Å²) in [7, 11) is 1.68. The number of carbonyl (C=O) groups is 1. The molecule has 0 aromatic heterocycles. The van der Waals surface area contributed by atoms with Crippen molar-refractivity contribution in [2.75, 3.05) is 40.1 Å². The molecule has 1 saturated heterocycles. The number of thioether (sulfide) groups is 1. The molecule has 8 heteroatoms. The van der Waals surface area contributed by atoms with Crippen LogP contribution in [-0.4, -0.2) is 55.2 Å². The molecular weight excluding hydrogens is 446 g/mol. The van der Waals surface area contributed by atoms with Gasteiger partial charge in [-0.1, -0.05) is 42.2 Å². The zero-order valence-electron chi connectivity index (χ0n) is 18.5. The van der Waals surface area contributed by atoms with Gasteiger partial charge in [-0.15, -0.1) is 0 Å². The second-order valence-corrected chi connectivity index (χ2v) is 8.68. The Labute approximate surface area is 198 Å². The SMILES string of the molecule is CCOc1cc(/C=C2\SC(=S)N(C)C2=O)ccc1OCCOCCOc1cccc(C)c1. The van der Waals surface area contributed by atoms with Crippen LogP contribution in [-0.2, 0) is 9.53 Å². The number of carbonyl (C=O) groups excluding carboxylic acids is 1. The summed E-state index contributed by atoms with van der Waals surface area (Å²) in [4.78, 5) is 14.3. The van der Waals surface area contributed by atoms with Crippen LogP contribution in [0.15, 0.2) is 47.4 Å². The lowest BCUT2D eigenvalue weighted by atomic mass is 10.2. The number of hydrogen-bond acceptors (Lipinski definition) is 7. The number of nitrogens with zero attached hydrogens (tertiary/aromatic N) is 1. The molecule has 0 N–H and O–H groups in total. The van der Waals surface area contributed by atoms with Crippen molar-refractivity contribution in [2.45, 2.75) is 13.8 Å². The molecule has 0 spiro atoms. The molecule has 1 amide bonds. The van der Waals surface area contributed by atoms with Crippen molar-refractivity contribution >= 4 is 40.3 Å². The summed E-state index contributed by atoms with van der Waals surface area (Å²) in [5.41, 5.74) is 2.01. The first-order valence-corrected chi connectivity index (χ1v) is 11.6. The normalized spacial score (nSPS) is 14.8. The Morgan fingerprint density at radius 1 is 1.00 bits per heavy atom. The molecule has 3 rings (SSSR count). The summed E-state index contributed by atoms with van der Waals surface area (Å²) in [6, 6.07) is 13.5. The van der Waals surface area contributed by atoms with Crippen molar-refractivity contribution in [3.8, 4) is 17.2 Å². The summed E-state index contributed by atoms with van der Waals surface area (Å²) in [6.45, 7) is 6.22. The van der Waals surface area contributed by atoms with Crippen molar-refractivity contribution < 1.29 is 23.7 Å². The van der Waals surface area contributed by atoms with Crippen molar-refractivity contribution in [3.05, 3.63) is 58.5 Å². The van der Waals surface area contributed by atoms with E-state index in [-0.39, 0.29) is 5.91 Å². The van der Waals surface area contributed by atoms with Gasteiger partial charge in [0.1, 0.15) is 23.3 Å². The maximum absolute atomic E-state index is 12.2. The monoisotopic (exact) mass is 473 g/mol. The second kappa shape index (κ2) is 11.9. The third-order valence-electron chi connectivity index (χ3n) is 4.52. The maximum atomic E-state index is 12.2. The van der Waals surface area contributed by atoms with E-state index >= 15 is 0 Å². The molecule has 1 aliphatic rings. The zero-order valence-corrected chi connectivity index (χ0v) is 20.1. The third kappa shape index (κ3) is 6.72. The van der Waals surface area contributed by atoms with Crippen molar-refractivity contribution in [1.82, 2.24) is 4.90 Å². The molecule has 6 nitrogen and oxygen atoms in total. The van der Waals surface area contributed by atoms with Gasteiger partial charge in [-0.25, -0.2) is 0 Å². The average molecular weight is 474 g/mol. The van der Waals surface area contributed by atoms with E-state index in [2.05, 4.69) is 0 Å². The topological polar surface area (TPSA) is 57.2 Å². The Balaban J connectivity index is 1.47. The Morgan fingerprint density at radius 3 is 2.47 bits per heavy atom. The summed E-state index contributed by atoms with van der Waals surface area (Å²) in [5, 5.41) is 0. The molecule has 2 aromatic carbocycles. The summed E-state index contributed by atoms with van der Waals surface area (Å²) in [6.07, 6.45) is 1.81. The second-order valence-electron chi connectivity index (χ2n) is 7.01. The van der Waals surface area contributed by atoms with Gasteiger partial charge in [-0.3, -0.25) is 9.69 Å². The number of benzene rings is 2. The molecule has 2 aromatic rings. The highest BCUT2D eigenvalue weighted by atomic mass is 32.2. The van der Waals surface area contributed by atoms with Gasteiger partial charge in [0.05, 0.1) is 24.7 Å². The predicted octanol–water partition coefficient (Wildman–Crippen LogP) is 4.70. The van der Waals surface area contributed by atoms with E-state index in [1.54, 1.807) is 7.05 Å². The fourth-order valence-corrected chi connectivity index (χ4v) is 4.11. The molecule has 0 bridgehead atoms. The molecule has 0 radical (unpaired) electrons. The van der Waals surface area contributed by atoms with Gasteiger partial charge in [0.15, 0.2) is 11.5 Å². The van der Waals surface area contributed by atoms with Crippen molar-refractivity contribution in [1.29, 1.82) is 0 Å². The largest absolute Gasteiger partial charge is 0.491 e. The first-order valence-electron chi connectivity index (χ1n) is 10.4. The smallest absolute Gasteiger partial charge is 0.265 e. The van der Waals surface area contributed by atoms with Gasteiger partial charge in [0, 0.05) is 7.05 Å². The minimum Gasteiger partial charge on any atom is -0.491 e. The van der Waals surface area contributed by atoms with Gasteiger partial charge < -0.3 is 18.9 Å². The summed E-state index contributed by atoms with van der Waals surface area (Å²) < 4.78 is 23.4. The molecule has 0 aliphatic carbocycles. The highest BCUT2D eigenvalue weighted by Crippen LogP contribution is 2.34. The zero-order chi connectivity index (χ0) is 22.9. The number of likely N-dealkylation sites (N-methyl/N-ethyl adjacent to an activating group) is 1. The van der Waals surface area contributed by atoms with E-state index in [1.807, 2.05) is 62.4 Å². The van der Waals surface area contributed by atoms with E-state index in [9.17, 15) is 4.79 Å². The van der Waals surface area contributed by atoms with Crippen LogP contribution < -0.4 is 14.2 Å². The lowest BCUT2D eigenvalue weighted by Crippen LogP contribution is -2.22. The lowest BCUT2D eigenvalue weighted by molar-refractivity contribution is -0.121. The number of hydrogen-bond donors (Lipinski definition) is 0. The maximum Gasteiger partial charge on any atom is 0.265 e. The van der Waals surface area contributed by atoms with E-state index < -0.39 is 0 Å². The van der Waals surface area contributed by atoms with E-state index in [4.69, 9.17) is 31.2 Å². The van der Waals surface area contributed by atoms with Crippen LogP contribution in [0.2, 0.25) is 0 Å². The number of amides is 1. The molecule has 170 valence electrons. The van der Waals surface area contributed by atoms with Crippen molar-refractivity contribution in [3.63, 3.8) is 0 Å². The van der Waals surface area contributed by atoms with Crippen LogP contribution in [0.5, 0.6) is 17.2 Å². The van der Waals surface area contributed by atoms with Gasteiger partial charge in [0.2, 0.25) is 0 Å². The van der Waals surface area contributed by atoms with E-state index in [1.165, 1.54) is 16.7 Å². The Morgan fingerprint density at radius 2 is 1.78 bits per heavy atom.